The summed E-state index contributed by atoms with van der Waals surface area (Å²) in [4.78, 5) is 38.1. The molecule has 0 spiro atoms. The number of rotatable bonds is 51. The van der Waals surface area contributed by atoms with Gasteiger partial charge in [-0.25, -0.2) is 0 Å². The molecule has 0 aromatic heterocycles. The minimum absolute atomic E-state index is 0.0915. The molecule has 6 nitrogen and oxygen atoms in total. The molecule has 0 rings (SSSR count). The van der Waals surface area contributed by atoms with Crippen molar-refractivity contribution >= 4 is 17.9 Å². The third-order valence-electron chi connectivity index (χ3n) is 12.2. The van der Waals surface area contributed by atoms with Crippen LogP contribution < -0.4 is 0 Å². The highest BCUT2D eigenvalue weighted by atomic mass is 16.6. The maximum absolute atomic E-state index is 12.8. The van der Waals surface area contributed by atoms with Crippen LogP contribution >= 0.6 is 0 Å². The van der Waals surface area contributed by atoms with Gasteiger partial charge in [-0.15, -0.1) is 0 Å². The minimum Gasteiger partial charge on any atom is -0.462 e. The molecule has 0 saturated carbocycles. The van der Waals surface area contributed by atoms with E-state index in [1.54, 1.807) is 0 Å². The first-order valence-electron chi connectivity index (χ1n) is 28.4. The SMILES string of the molecule is CCCC/C=C\CCCCCCCC(=O)OC[C@@H](COC(=O)CCCCCCCCCCC/C=C\CCCCCCCC)OC(=O)CCCCC/C=C\C/C=C\C/C=C\C/C=C\CCCCC. The fourth-order valence-electron chi connectivity index (χ4n) is 7.81. The summed E-state index contributed by atoms with van der Waals surface area (Å²) >= 11 is 0. The standard InChI is InChI=1S/C61H106O6/c1-4-7-10-13-16-19-22-24-26-28-30-32-34-36-39-42-45-48-51-54-60(63)66-57-58(56-65-59(62)53-50-47-44-41-38-21-18-15-12-9-6-3)67-61(64)55-52-49-46-43-40-37-35-33-31-29-27-25-23-20-17-14-11-8-5-2/h15,17-18,20,24-27,31,33,37,40,58H,4-14,16,19,21-23,28-30,32,34-36,38-39,41-57H2,1-3H3/b18-15-,20-17-,26-24-,27-25-,33-31-,40-37-/t58-/m0/s1. The molecule has 6 heteroatoms. The van der Waals surface area contributed by atoms with Gasteiger partial charge in [-0.2, -0.15) is 0 Å². The van der Waals surface area contributed by atoms with Crippen molar-refractivity contribution in [3.8, 4) is 0 Å². The van der Waals surface area contributed by atoms with Gasteiger partial charge in [-0.3, -0.25) is 14.4 Å². The number of hydrogen-bond acceptors (Lipinski definition) is 6. The van der Waals surface area contributed by atoms with Crippen LogP contribution in [0.25, 0.3) is 0 Å². The van der Waals surface area contributed by atoms with Gasteiger partial charge in [0.05, 0.1) is 0 Å². The van der Waals surface area contributed by atoms with E-state index in [0.717, 1.165) is 89.9 Å². The van der Waals surface area contributed by atoms with Crippen molar-refractivity contribution in [1.29, 1.82) is 0 Å². The molecule has 0 aromatic carbocycles. The van der Waals surface area contributed by atoms with Crippen LogP contribution in [0.15, 0.2) is 72.9 Å². The molecular formula is C61H106O6. The zero-order chi connectivity index (χ0) is 48.6. The van der Waals surface area contributed by atoms with Crippen LogP contribution in [0.1, 0.15) is 278 Å². The number of hydrogen-bond donors (Lipinski definition) is 0. The molecule has 0 amide bonds. The van der Waals surface area contributed by atoms with Gasteiger partial charge in [0.2, 0.25) is 0 Å². The Morgan fingerprint density at radius 2 is 0.552 bits per heavy atom. The van der Waals surface area contributed by atoms with E-state index in [9.17, 15) is 14.4 Å². The quantitative estimate of drug-likeness (QED) is 0.0262. The molecule has 0 N–H and O–H groups in total. The maximum atomic E-state index is 12.8. The van der Waals surface area contributed by atoms with Gasteiger partial charge >= 0.3 is 17.9 Å². The van der Waals surface area contributed by atoms with Crippen molar-refractivity contribution in [1.82, 2.24) is 0 Å². The van der Waals surface area contributed by atoms with Crippen molar-refractivity contribution in [2.24, 2.45) is 0 Å². The van der Waals surface area contributed by atoms with E-state index in [-0.39, 0.29) is 37.5 Å². The van der Waals surface area contributed by atoms with Gasteiger partial charge < -0.3 is 14.2 Å². The Bertz CT molecular complexity index is 1260. The number of esters is 3. The Morgan fingerprint density at radius 3 is 0.940 bits per heavy atom. The lowest BCUT2D eigenvalue weighted by molar-refractivity contribution is -0.167. The van der Waals surface area contributed by atoms with Gasteiger partial charge in [0.25, 0.3) is 0 Å². The highest BCUT2D eigenvalue weighted by molar-refractivity contribution is 5.71. The van der Waals surface area contributed by atoms with Gasteiger partial charge in [-0.1, -0.05) is 222 Å². The Balaban J connectivity index is 4.40. The lowest BCUT2D eigenvalue weighted by atomic mass is 10.1. The molecule has 1 atom stereocenters. The second-order valence-corrected chi connectivity index (χ2v) is 18.8. The smallest absolute Gasteiger partial charge is 0.306 e. The molecule has 67 heavy (non-hydrogen) atoms. The van der Waals surface area contributed by atoms with Crippen LogP contribution in [-0.2, 0) is 28.6 Å². The predicted octanol–water partition coefficient (Wildman–Crippen LogP) is 19.0. The normalized spacial score (nSPS) is 12.6. The summed E-state index contributed by atoms with van der Waals surface area (Å²) in [6.45, 7) is 6.55. The summed E-state index contributed by atoms with van der Waals surface area (Å²) < 4.78 is 16.8. The lowest BCUT2D eigenvalue weighted by Crippen LogP contribution is -2.30. The van der Waals surface area contributed by atoms with Crippen molar-refractivity contribution in [2.75, 3.05) is 13.2 Å². The Morgan fingerprint density at radius 1 is 0.299 bits per heavy atom. The fraction of sp³-hybridized carbons (Fsp3) is 0.754. The molecular weight excluding hydrogens is 829 g/mol. The van der Waals surface area contributed by atoms with E-state index in [0.29, 0.717) is 12.8 Å². The van der Waals surface area contributed by atoms with Gasteiger partial charge in [0, 0.05) is 19.3 Å². The van der Waals surface area contributed by atoms with E-state index < -0.39 is 6.10 Å². The van der Waals surface area contributed by atoms with Gasteiger partial charge in [-0.05, 0) is 109 Å². The summed E-state index contributed by atoms with van der Waals surface area (Å²) in [6, 6.07) is 0. The van der Waals surface area contributed by atoms with E-state index in [1.165, 1.54) is 148 Å². The molecule has 0 aliphatic carbocycles. The number of unbranched alkanes of at least 4 members (excludes halogenated alkanes) is 28. The Hall–Kier alpha value is -3.15. The third-order valence-corrected chi connectivity index (χ3v) is 12.2. The van der Waals surface area contributed by atoms with Crippen molar-refractivity contribution < 1.29 is 28.6 Å². The zero-order valence-corrected chi connectivity index (χ0v) is 44.2. The van der Waals surface area contributed by atoms with Crippen LogP contribution in [0.2, 0.25) is 0 Å². The minimum atomic E-state index is -0.796. The molecule has 0 unspecified atom stereocenters. The van der Waals surface area contributed by atoms with E-state index >= 15 is 0 Å². The zero-order valence-electron chi connectivity index (χ0n) is 44.2. The van der Waals surface area contributed by atoms with Crippen LogP contribution in [0.3, 0.4) is 0 Å². The predicted molar refractivity (Wildman–Crippen MR) is 288 cm³/mol. The highest BCUT2D eigenvalue weighted by Crippen LogP contribution is 2.15. The van der Waals surface area contributed by atoms with Crippen molar-refractivity contribution in [3.05, 3.63) is 72.9 Å². The van der Waals surface area contributed by atoms with Gasteiger partial charge in [0.1, 0.15) is 13.2 Å². The van der Waals surface area contributed by atoms with Crippen LogP contribution in [0.4, 0.5) is 0 Å². The third kappa shape index (κ3) is 53.7. The Labute approximate surface area is 414 Å². The monoisotopic (exact) mass is 935 g/mol. The first kappa shape index (κ1) is 63.8. The molecule has 0 radical (unpaired) electrons. The largest absolute Gasteiger partial charge is 0.462 e. The summed E-state index contributed by atoms with van der Waals surface area (Å²) in [5.41, 5.74) is 0. The molecule has 0 aliphatic rings. The summed E-state index contributed by atoms with van der Waals surface area (Å²) in [6.07, 6.45) is 70.3. The molecule has 0 aromatic rings. The van der Waals surface area contributed by atoms with E-state index in [2.05, 4.69) is 93.7 Å². The maximum Gasteiger partial charge on any atom is 0.306 e. The fourth-order valence-corrected chi connectivity index (χ4v) is 7.81. The first-order valence-corrected chi connectivity index (χ1v) is 28.4. The Kier molecular flexibility index (Phi) is 52.8. The molecule has 0 fully saturated rings. The lowest BCUT2D eigenvalue weighted by Gasteiger charge is -2.18. The summed E-state index contributed by atoms with van der Waals surface area (Å²) in [7, 11) is 0. The number of carbonyl (C=O) groups excluding carboxylic acids is 3. The molecule has 0 aliphatic heterocycles. The second kappa shape index (κ2) is 55.4. The average Bonchev–Trinajstić information content (AvgIpc) is 3.33. The number of ether oxygens (including phenoxy) is 3. The average molecular weight is 936 g/mol. The van der Waals surface area contributed by atoms with Crippen LogP contribution in [0, 0.1) is 0 Å². The van der Waals surface area contributed by atoms with Gasteiger partial charge in [0.15, 0.2) is 6.10 Å². The van der Waals surface area contributed by atoms with Crippen LogP contribution in [0.5, 0.6) is 0 Å². The first-order chi connectivity index (χ1) is 33.0. The molecule has 0 saturated heterocycles. The number of allylic oxidation sites excluding steroid dienone is 12. The molecule has 0 heterocycles. The second-order valence-electron chi connectivity index (χ2n) is 18.8. The van der Waals surface area contributed by atoms with E-state index in [1.807, 2.05) is 0 Å². The van der Waals surface area contributed by atoms with Crippen LogP contribution in [-0.4, -0.2) is 37.2 Å². The topological polar surface area (TPSA) is 78.9 Å². The molecule has 0 bridgehead atoms. The number of carbonyl (C=O) groups is 3. The summed E-state index contributed by atoms with van der Waals surface area (Å²) in [5, 5.41) is 0. The highest BCUT2D eigenvalue weighted by Gasteiger charge is 2.19. The van der Waals surface area contributed by atoms with Crippen molar-refractivity contribution in [3.63, 3.8) is 0 Å². The van der Waals surface area contributed by atoms with E-state index in [4.69, 9.17) is 14.2 Å². The molecule has 386 valence electrons. The van der Waals surface area contributed by atoms with Crippen molar-refractivity contribution in [2.45, 2.75) is 284 Å². The summed E-state index contributed by atoms with van der Waals surface area (Å²) in [5.74, 6) is -0.929.